The van der Waals surface area contributed by atoms with Gasteiger partial charge in [-0.2, -0.15) is 0 Å². The molecule has 152 valence electrons. The Morgan fingerprint density at radius 1 is 0.889 bits per heavy atom. The van der Waals surface area contributed by atoms with Gasteiger partial charge in [-0.25, -0.2) is 0 Å². The molecule has 0 radical (unpaired) electrons. The van der Waals surface area contributed by atoms with Gasteiger partial charge in [-0.05, 0) is 32.1 Å². The fraction of sp³-hybridized carbons (Fsp3) is 0.500. The fourth-order valence-corrected chi connectivity index (χ4v) is 2.20. The van der Waals surface area contributed by atoms with Crippen molar-refractivity contribution in [2.45, 2.75) is 70.2 Å². The summed E-state index contributed by atoms with van der Waals surface area (Å²) in [5.41, 5.74) is 0. The third-order valence-electron chi connectivity index (χ3n) is 3.73. The van der Waals surface area contributed by atoms with E-state index in [1.165, 1.54) is 6.08 Å². The number of aliphatic hydroxyl groups is 3. The van der Waals surface area contributed by atoms with Gasteiger partial charge < -0.3 is 25.2 Å². The molecule has 0 saturated carbocycles. The third-order valence-corrected chi connectivity index (χ3v) is 3.73. The first-order chi connectivity index (χ1) is 13.0. The lowest BCUT2D eigenvalue weighted by molar-refractivity contribution is -0.305. The molecule has 0 aromatic carbocycles. The minimum atomic E-state index is -1.07. The largest absolute Gasteiger partial charge is 0.550 e. The highest BCUT2D eigenvalue weighted by Gasteiger charge is 2.11. The average Bonchev–Trinajstić information content (AvgIpc) is 2.63. The first-order valence-corrected chi connectivity index (χ1v) is 9.54. The standard InChI is InChI=1S/C22H34O5/c1-2-3-4-5-6-7-9-14-19(23)15-12-13-17-21(25)20(24)16-10-8-11-18-22(26)27/h3-4,6-7,9,12-15,17,19-21,23-25H,2,5,8,10-11,16,18H2,1H3,(H,26,27)/p-1/b4-3-,7-6-,14-9+,15-12+,17-13+. The summed E-state index contributed by atoms with van der Waals surface area (Å²) in [5, 5.41) is 39.7. The average molecular weight is 378 g/mol. The second kappa shape index (κ2) is 17.5. The Morgan fingerprint density at radius 3 is 2.22 bits per heavy atom. The number of carboxylic acid groups (broad SMARTS) is 1. The van der Waals surface area contributed by atoms with Gasteiger partial charge in [-0.3, -0.25) is 0 Å². The van der Waals surface area contributed by atoms with Crippen molar-refractivity contribution in [2.75, 3.05) is 0 Å². The molecule has 0 aliphatic carbocycles. The Labute approximate surface area is 162 Å². The summed E-state index contributed by atoms with van der Waals surface area (Å²) in [4.78, 5) is 10.3. The molecule has 0 heterocycles. The van der Waals surface area contributed by atoms with Crippen LogP contribution in [0.2, 0.25) is 0 Å². The Bertz CT molecular complexity index is 517. The number of carbonyl (C=O) groups excluding carboxylic acids is 1. The number of allylic oxidation sites excluding steroid dienone is 7. The molecule has 3 unspecified atom stereocenters. The molecular weight excluding hydrogens is 344 g/mol. The summed E-state index contributed by atoms with van der Waals surface area (Å²) in [6.45, 7) is 2.08. The molecule has 3 atom stereocenters. The van der Waals surface area contributed by atoms with Gasteiger partial charge in [0.1, 0.15) is 0 Å². The minimum Gasteiger partial charge on any atom is -0.550 e. The molecule has 5 heteroatoms. The molecule has 0 amide bonds. The van der Waals surface area contributed by atoms with Crippen LogP contribution in [0.25, 0.3) is 0 Å². The highest BCUT2D eigenvalue weighted by atomic mass is 16.4. The monoisotopic (exact) mass is 377 g/mol. The van der Waals surface area contributed by atoms with Crippen LogP contribution in [0.15, 0.2) is 60.8 Å². The van der Waals surface area contributed by atoms with Gasteiger partial charge in [0.05, 0.1) is 18.3 Å². The van der Waals surface area contributed by atoms with Crippen LogP contribution in [0, 0.1) is 0 Å². The third kappa shape index (κ3) is 17.2. The van der Waals surface area contributed by atoms with Crippen molar-refractivity contribution in [3.05, 3.63) is 60.8 Å². The van der Waals surface area contributed by atoms with E-state index in [0.717, 1.165) is 12.8 Å². The maximum absolute atomic E-state index is 10.3. The van der Waals surface area contributed by atoms with Gasteiger partial charge in [0.25, 0.3) is 0 Å². The van der Waals surface area contributed by atoms with Crippen LogP contribution in [0.5, 0.6) is 0 Å². The molecule has 0 fully saturated rings. The van der Waals surface area contributed by atoms with Gasteiger partial charge in [0, 0.05) is 5.97 Å². The molecule has 0 aliphatic rings. The number of carboxylic acids is 1. The number of aliphatic hydroxyl groups excluding tert-OH is 3. The van der Waals surface area contributed by atoms with Crippen LogP contribution in [-0.2, 0) is 4.79 Å². The molecular formula is C22H33O5-. The fourth-order valence-electron chi connectivity index (χ4n) is 2.20. The molecule has 0 spiro atoms. The van der Waals surface area contributed by atoms with Gasteiger partial charge in [0.15, 0.2) is 0 Å². The molecule has 3 N–H and O–H groups in total. The van der Waals surface area contributed by atoms with Crippen molar-refractivity contribution in [2.24, 2.45) is 0 Å². The first-order valence-electron chi connectivity index (χ1n) is 9.54. The Balaban J connectivity index is 4.01. The van der Waals surface area contributed by atoms with Gasteiger partial charge >= 0.3 is 0 Å². The maximum Gasteiger partial charge on any atom is 0.0982 e. The predicted molar refractivity (Wildman–Crippen MR) is 107 cm³/mol. The molecule has 5 nitrogen and oxygen atoms in total. The number of carbonyl (C=O) groups is 1. The van der Waals surface area contributed by atoms with Crippen molar-refractivity contribution in [1.82, 2.24) is 0 Å². The van der Waals surface area contributed by atoms with Crippen molar-refractivity contribution >= 4 is 5.97 Å². The van der Waals surface area contributed by atoms with Crippen LogP contribution in [0.1, 0.15) is 51.9 Å². The molecule has 0 aliphatic heterocycles. The number of hydrogen-bond donors (Lipinski definition) is 3. The Kier molecular flexibility index (Phi) is 16.2. The van der Waals surface area contributed by atoms with Gasteiger partial charge in [0.2, 0.25) is 0 Å². The zero-order valence-electron chi connectivity index (χ0n) is 16.1. The van der Waals surface area contributed by atoms with E-state index in [9.17, 15) is 25.2 Å². The predicted octanol–water partition coefficient (Wildman–Crippen LogP) is 2.35. The normalized spacial score (nSPS) is 16.3. The summed E-state index contributed by atoms with van der Waals surface area (Å²) < 4.78 is 0. The quantitative estimate of drug-likeness (QED) is 0.231. The first kappa shape index (κ1) is 25.1. The van der Waals surface area contributed by atoms with Crippen molar-refractivity contribution in [3.63, 3.8) is 0 Å². The molecule has 27 heavy (non-hydrogen) atoms. The minimum absolute atomic E-state index is 0.0197. The van der Waals surface area contributed by atoms with E-state index in [4.69, 9.17) is 0 Å². The lowest BCUT2D eigenvalue weighted by Gasteiger charge is -2.14. The zero-order valence-corrected chi connectivity index (χ0v) is 16.1. The Morgan fingerprint density at radius 2 is 1.56 bits per heavy atom. The smallest absolute Gasteiger partial charge is 0.0982 e. The van der Waals surface area contributed by atoms with E-state index in [2.05, 4.69) is 19.1 Å². The van der Waals surface area contributed by atoms with E-state index in [0.29, 0.717) is 25.7 Å². The number of aliphatic carboxylic acids is 1. The highest BCUT2D eigenvalue weighted by Crippen LogP contribution is 2.09. The molecule has 0 bridgehead atoms. The summed E-state index contributed by atoms with van der Waals surface area (Å²) in [5.74, 6) is -1.07. The lowest BCUT2D eigenvalue weighted by Crippen LogP contribution is -2.23. The summed E-state index contributed by atoms with van der Waals surface area (Å²) in [6, 6.07) is 0. The summed E-state index contributed by atoms with van der Waals surface area (Å²) >= 11 is 0. The lowest BCUT2D eigenvalue weighted by atomic mass is 10.0. The van der Waals surface area contributed by atoms with Crippen molar-refractivity contribution < 1.29 is 25.2 Å². The van der Waals surface area contributed by atoms with E-state index in [-0.39, 0.29) is 6.42 Å². The number of rotatable bonds is 15. The Hall–Kier alpha value is -1.95. The van der Waals surface area contributed by atoms with E-state index >= 15 is 0 Å². The van der Waals surface area contributed by atoms with Crippen molar-refractivity contribution in [1.29, 1.82) is 0 Å². The maximum atomic E-state index is 10.3. The van der Waals surface area contributed by atoms with E-state index in [1.807, 2.05) is 12.2 Å². The number of hydrogen-bond acceptors (Lipinski definition) is 5. The molecule has 0 saturated heterocycles. The molecule has 0 aromatic heterocycles. The van der Waals surface area contributed by atoms with Crippen LogP contribution >= 0.6 is 0 Å². The van der Waals surface area contributed by atoms with Crippen LogP contribution in [-0.4, -0.2) is 39.6 Å². The van der Waals surface area contributed by atoms with Crippen LogP contribution in [0.4, 0.5) is 0 Å². The summed E-state index contributed by atoms with van der Waals surface area (Å²) in [6.07, 6.45) is 19.2. The summed E-state index contributed by atoms with van der Waals surface area (Å²) in [7, 11) is 0. The van der Waals surface area contributed by atoms with Crippen LogP contribution in [0.3, 0.4) is 0 Å². The van der Waals surface area contributed by atoms with E-state index in [1.54, 1.807) is 30.4 Å². The second-order valence-corrected chi connectivity index (χ2v) is 6.22. The second-order valence-electron chi connectivity index (χ2n) is 6.22. The highest BCUT2D eigenvalue weighted by molar-refractivity contribution is 5.64. The topological polar surface area (TPSA) is 101 Å². The molecule has 0 rings (SSSR count). The van der Waals surface area contributed by atoms with Gasteiger partial charge in [-0.1, -0.05) is 80.5 Å². The number of unbranched alkanes of at least 4 members (excludes halogenated alkanes) is 2. The zero-order chi connectivity index (χ0) is 20.3. The SMILES string of the molecule is CC/C=C\C/C=C\C=C\C(O)/C=C/C=C/C(O)C(O)CCCCCC(=O)[O-]. The van der Waals surface area contributed by atoms with Gasteiger partial charge in [-0.15, -0.1) is 0 Å². The van der Waals surface area contributed by atoms with E-state index < -0.39 is 24.3 Å². The molecule has 0 aromatic rings. The van der Waals surface area contributed by atoms with Crippen LogP contribution < -0.4 is 5.11 Å². The van der Waals surface area contributed by atoms with Crippen molar-refractivity contribution in [3.8, 4) is 0 Å².